The molecule has 1 heterocycles. The van der Waals surface area contributed by atoms with Crippen molar-refractivity contribution in [1.29, 1.82) is 0 Å². The predicted octanol–water partition coefficient (Wildman–Crippen LogP) is 1.22. The summed E-state index contributed by atoms with van der Waals surface area (Å²) in [4.78, 5) is 14.1. The second-order valence-corrected chi connectivity index (χ2v) is 5.06. The van der Waals surface area contributed by atoms with Crippen molar-refractivity contribution in [3.8, 4) is 0 Å². The summed E-state index contributed by atoms with van der Waals surface area (Å²) >= 11 is 0. The Labute approximate surface area is 107 Å². The molecule has 1 fully saturated rings. The quantitative estimate of drug-likeness (QED) is 0.611. The van der Waals surface area contributed by atoms with Gasteiger partial charge < -0.3 is 15.1 Å². The Morgan fingerprint density at radius 3 is 2.61 bits per heavy atom. The van der Waals surface area contributed by atoms with Gasteiger partial charge in [-0.2, -0.15) is 0 Å². The van der Waals surface area contributed by atoms with E-state index in [4.69, 9.17) is 10.6 Å². The highest BCUT2D eigenvalue weighted by Gasteiger charge is 2.30. The highest BCUT2D eigenvalue weighted by Crippen LogP contribution is 2.19. The lowest BCUT2D eigenvalue weighted by atomic mass is 10.1. The second-order valence-electron chi connectivity index (χ2n) is 5.06. The molecule has 3 N–H and O–H groups in total. The topological polar surface area (TPSA) is 67.6 Å². The van der Waals surface area contributed by atoms with Crippen molar-refractivity contribution in [1.82, 2.24) is 4.90 Å². The Morgan fingerprint density at radius 1 is 1.39 bits per heavy atom. The highest BCUT2D eigenvalue weighted by molar-refractivity contribution is 5.94. The predicted molar refractivity (Wildman–Crippen MR) is 70.2 cm³/mol. The summed E-state index contributed by atoms with van der Waals surface area (Å²) in [5.74, 6) is 5.33. The van der Waals surface area contributed by atoms with Crippen LogP contribution in [0.25, 0.3) is 0 Å². The van der Waals surface area contributed by atoms with Crippen molar-refractivity contribution in [2.75, 3.05) is 25.1 Å². The van der Waals surface area contributed by atoms with Crippen molar-refractivity contribution in [2.24, 2.45) is 5.84 Å². The zero-order valence-corrected chi connectivity index (χ0v) is 10.8. The van der Waals surface area contributed by atoms with Gasteiger partial charge in [0.1, 0.15) is 0 Å². The van der Waals surface area contributed by atoms with Crippen LogP contribution in [0.5, 0.6) is 0 Å². The zero-order valence-electron chi connectivity index (χ0n) is 10.8. The molecule has 0 unspecified atom stereocenters. The first-order chi connectivity index (χ1) is 8.52. The fourth-order valence-corrected chi connectivity index (χ4v) is 2.08. The average Bonchev–Trinajstić information content (AvgIpc) is 2.37. The van der Waals surface area contributed by atoms with Gasteiger partial charge in [0.15, 0.2) is 0 Å². The summed E-state index contributed by atoms with van der Waals surface area (Å²) in [5.41, 5.74) is 3.73. The number of carbonyl (C=O) groups excluding carboxylic acids is 1. The molecule has 0 spiro atoms. The summed E-state index contributed by atoms with van der Waals surface area (Å²) in [6, 6.07) is 7.14. The third kappa shape index (κ3) is 2.80. The van der Waals surface area contributed by atoms with E-state index < -0.39 is 0 Å². The molecular formula is C13H19N3O2. The molecule has 1 aliphatic heterocycles. The summed E-state index contributed by atoms with van der Waals surface area (Å²) in [5, 5.41) is 0. The second kappa shape index (κ2) is 4.96. The average molecular weight is 249 g/mol. The Hall–Kier alpha value is -1.59. The van der Waals surface area contributed by atoms with Crippen LogP contribution in [0.4, 0.5) is 5.69 Å². The highest BCUT2D eigenvalue weighted by atomic mass is 16.5. The third-order valence-electron chi connectivity index (χ3n) is 3.01. The maximum atomic E-state index is 12.3. The molecule has 1 aliphatic rings. The van der Waals surface area contributed by atoms with Crippen molar-refractivity contribution in [2.45, 2.75) is 19.4 Å². The molecule has 5 heteroatoms. The minimum atomic E-state index is -0.271. The summed E-state index contributed by atoms with van der Waals surface area (Å²) in [7, 11) is 0. The molecule has 1 saturated heterocycles. The normalized spacial score (nSPS) is 18.5. The van der Waals surface area contributed by atoms with E-state index in [1.54, 1.807) is 24.3 Å². The standard InChI is InChI=1S/C13H19N3O2/c1-13(2)9-16(7-8-18-13)12(17)10-3-5-11(15-14)6-4-10/h3-6,15H,7-9,14H2,1-2H3. The van der Waals surface area contributed by atoms with Crippen LogP contribution >= 0.6 is 0 Å². The van der Waals surface area contributed by atoms with Crippen molar-refractivity contribution in [3.05, 3.63) is 29.8 Å². The van der Waals surface area contributed by atoms with E-state index >= 15 is 0 Å². The number of benzene rings is 1. The van der Waals surface area contributed by atoms with Crippen LogP contribution in [0.3, 0.4) is 0 Å². The van der Waals surface area contributed by atoms with Crippen molar-refractivity contribution in [3.63, 3.8) is 0 Å². The maximum absolute atomic E-state index is 12.3. The largest absolute Gasteiger partial charge is 0.372 e. The van der Waals surface area contributed by atoms with Gasteiger partial charge in [0, 0.05) is 24.3 Å². The number of anilines is 1. The smallest absolute Gasteiger partial charge is 0.254 e. The van der Waals surface area contributed by atoms with E-state index in [1.807, 2.05) is 18.7 Å². The van der Waals surface area contributed by atoms with Crippen LogP contribution in [-0.2, 0) is 4.74 Å². The maximum Gasteiger partial charge on any atom is 0.254 e. The van der Waals surface area contributed by atoms with Gasteiger partial charge in [-0.3, -0.25) is 10.6 Å². The van der Waals surface area contributed by atoms with Crippen LogP contribution in [0.2, 0.25) is 0 Å². The lowest BCUT2D eigenvalue weighted by molar-refractivity contribution is -0.0764. The molecule has 0 aliphatic carbocycles. The SMILES string of the molecule is CC1(C)CN(C(=O)c2ccc(NN)cc2)CCO1. The van der Waals surface area contributed by atoms with Crippen LogP contribution < -0.4 is 11.3 Å². The number of hydrogen-bond donors (Lipinski definition) is 2. The van der Waals surface area contributed by atoms with E-state index in [9.17, 15) is 4.79 Å². The van der Waals surface area contributed by atoms with Gasteiger partial charge in [-0.15, -0.1) is 0 Å². The molecule has 0 aromatic heterocycles. The monoisotopic (exact) mass is 249 g/mol. The summed E-state index contributed by atoms with van der Waals surface area (Å²) < 4.78 is 5.60. The Morgan fingerprint density at radius 2 is 2.06 bits per heavy atom. The number of nitrogens with zero attached hydrogens (tertiary/aromatic N) is 1. The molecule has 1 aromatic carbocycles. The van der Waals surface area contributed by atoms with Gasteiger partial charge in [0.2, 0.25) is 0 Å². The molecule has 0 saturated carbocycles. The van der Waals surface area contributed by atoms with Gasteiger partial charge in [0.25, 0.3) is 5.91 Å². The number of amides is 1. The summed E-state index contributed by atoms with van der Waals surface area (Å²) in [6.07, 6.45) is 0. The molecule has 1 amide bonds. The Kier molecular flexibility index (Phi) is 3.54. The van der Waals surface area contributed by atoms with Crippen molar-refractivity contribution >= 4 is 11.6 Å². The number of nitrogen functional groups attached to an aromatic ring is 1. The molecular weight excluding hydrogens is 230 g/mol. The van der Waals surface area contributed by atoms with Crippen LogP contribution in [-0.4, -0.2) is 36.1 Å². The number of morpholine rings is 1. The number of carbonyl (C=O) groups is 1. The first kappa shape index (κ1) is 12.9. The van der Waals surface area contributed by atoms with Gasteiger partial charge in [0.05, 0.1) is 12.2 Å². The fraction of sp³-hybridized carbons (Fsp3) is 0.462. The summed E-state index contributed by atoms with van der Waals surface area (Å²) in [6.45, 7) is 5.82. The van der Waals surface area contributed by atoms with Gasteiger partial charge in [-0.1, -0.05) is 0 Å². The van der Waals surface area contributed by atoms with Crippen molar-refractivity contribution < 1.29 is 9.53 Å². The van der Waals surface area contributed by atoms with Gasteiger partial charge >= 0.3 is 0 Å². The van der Waals surface area contributed by atoms with E-state index in [-0.39, 0.29) is 11.5 Å². The third-order valence-corrected chi connectivity index (χ3v) is 3.01. The van der Waals surface area contributed by atoms with E-state index in [0.29, 0.717) is 25.3 Å². The number of rotatable bonds is 2. The minimum absolute atomic E-state index is 0.0370. The van der Waals surface area contributed by atoms with E-state index in [1.165, 1.54) is 0 Å². The fourth-order valence-electron chi connectivity index (χ4n) is 2.08. The molecule has 0 bridgehead atoms. The van der Waals surface area contributed by atoms with Crippen LogP contribution in [0.1, 0.15) is 24.2 Å². The van der Waals surface area contributed by atoms with Gasteiger partial charge in [-0.25, -0.2) is 0 Å². The number of ether oxygens (including phenoxy) is 1. The lowest BCUT2D eigenvalue weighted by Gasteiger charge is -2.38. The first-order valence-electron chi connectivity index (χ1n) is 6.02. The molecule has 2 rings (SSSR count). The lowest BCUT2D eigenvalue weighted by Crippen LogP contribution is -2.50. The van der Waals surface area contributed by atoms with E-state index in [2.05, 4.69) is 5.43 Å². The number of hydrazine groups is 1. The Bertz CT molecular complexity index is 428. The molecule has 5 nitrogen and oxygen atoms in total. The van der Waals surface area contributed by atoms with E-state index in [0.717, 1.165) is 5.69 Å². The van der Waals surface area contributed by atoms with Crippen LogP contribution in [0.15, 0.2) is 24.3 Å². The number of hydrogen-bond acceptors (Lipinski definition) is 4. The molecule has 98 valence electrons. The zero-order chi connectivity index (χ0) is 13.2. The molecule has 0 atom stereocenters. The molecule has 0 radical (unpaired) electrons. The number of nitrogens with two attached hydrogens (primary N) is 1. The first-order valence-corrected chi connectivity index (χ1v) is 6.02. The Balaban J connectivity index is 2.10. The molecule has 18 heavy (non-hydrogen) atoms. The van der Waals surface area contributed by atoms with Gasteiger partial charge in [-0.05, 0) is 38.1 Å². The van der Waals surface area contributed by atoms with Crippen LogP contribution in [0, 0.1) is 0 Å². The number of nitrogens with one attached hydrogen (secondary N) is 1. The minimum Gasteiger partial charge on any atom is -0.372 e. The molecule has 1 aromatic rings.